The Bertz CT molecular complexity index is 1860. The van der Waals surface area contributed by atoms with Crippen LogP contribution in [-0.2, 0) is 32.1 Å². The maximum Gasteiger partial charge on any atom is 0.389 e. The third-order valence-corrected chi connectivity index (χ3v) is 10.8. The van der Waals surface area contributed by atoms with Gasteiger partial charge in [-0.05, 0) is 98.1 Å². The minimum atomic E-state index is -4.06. The van der Waals surface area contributed by atoms with Crippen LogP contribution in [-0.4, -0.2) is 46.5 Å². The lowest BCUT2D eigenvalue weighted by Crippen LogP contribution is -2.08. The lowest BCUT2D eigenvalue weighted by molar-refractivity contribution is -0.134. The van der Waals surface area contributed by atoms with Gasteiger partial charge in [-0.25, -0.2) is 8.78 Å². The molecule has 0 N–H and O–H groups in total. The molecule has 12 heteroatoms. The first kappa shape index (κ1) is 68.3. The average Bonchev–Trinajstić information content (AvgIpc) is 3.33. The van der Waals surface area contributed by atoms with Crippen molar-refractivity contribution in [1.82, 2.24) is 0 Å². The van der Waals surface area contributed by atoms with Gasteiger partial charge in [0.2, 0.25) is 6.43 Å². The van der Waals surface area contributed by atoms with Crippen LogP contribution in [0.25, 0.3) is 0 Å². The quantitative estimate of drug-likeness (QED) is 0.0917. The number of benzene rings is 5. The van der Waals surface area contributed by atoms with E-state index in [1.54, 1.807) is 36.4 Å². The molecule has 0 aromatic heterocycles. The smallest absolute Gasteiger partial charge is 0.255 e. The third kappa shape index (κ3) is 34.3. The fourth-order valence-corrected chi connectivity index (χ4v) is 6.28. The van der Waals surface area contributed by atoms with Crippen LogP contribution >= 0.6 is 0 Å². The standard InChI is InChI=1S/2C12H15F3.C11H14F2.2C11H15F.2CH3F/c2*1-9(2)11-5-3-10(4-6-11)7-8-12(13,14)15;1-8(2)10-5-3-9(4-6-10)7-11(12)13;2*1-9(2)11-5-3-10(4-6-11)7-8-12;2*1-2/h2*3-6,9H,7-8H2,1-2H3;3-6,8,11H,7H2,1-2H3;2*3-6,9H,7-8H2,1-2H3;2*1H3. The molecule has 0 spiro atoms. The predicted octanol–water partition coefficient (Wildman–Crippen LogP) is 20.0. The molecule has 0 bridgehead atoms. The largest absolute Gasteiger partial charge is 0.389 e. The predicted molar refractivity (Wildman–Crippen MR) is 275 cm³/mol. The molecule has 0 aliphatic carbocycles. The summed E-state index contributed by atoms with van der Waals surface area (Å²) in [4.78, 5) is 0. The van der Waals surface area contributed by atoms with Crippen molar-refractivity contribution in [3.8, 4) is 0 Å². The summed E-state index contributed by atoms with van der Waals surface area (Å²) in [6.07, 6.45) is -10.8. The van der Waals surface area contributed by atoms with Crippen molar-refractivity contribution < 1.29 is 52.7 Å². The van der Waals surface area contributed by atoms with Crippen LogP contribution in [0.4, 0.5) is 52.7 Å². The SMILES string of the molecule is CC(C)c1ccc(CC(F)F)cc1.CC(C)c1ccc(CCC(F)(F)F)cc1.CC(C)c1ccc(CCC(F)(F)F)cc1.CC(C)c1ccc(CCF)cc1.CC(C)c1ccc(CCF)cc1.CF.CF. The molecule has 400 valence electrons. The molecule has 0 nitrogen and oxygen atoms in total. The molecule has 0 aliphatic rings. The number of hydrogen-bond donors (Lipinski definition) is 0. The van der Waals surface area contributed by atoms with Gasteiger partial charge >= 0.3 is 12.4 Å². The molecule has 5 aromatic rings. The van der Waals surface area contributed by atoms with Gasteiger partial charge in [-0.2, -0.15) is 26.3 Å². The van der Waals surface area contributed by atoms with E-state index in [1.165, 1.54) is 16.7 Å². The monoisotopic (exact) mass is 1020 g/mol. The Balaban J connectivity index is 0. The first-order valence-electron chi connectivity index (χ1n) is 24.1. The highest BCUT2D eigenvalue weighted by Gasteiger charge is 2.27. The van der Waals surface area contributed by atoms with Crippen LogP contribution < -0.4 is 0 Å². The summed E-state index contributed by atoms with van der Waals surface area (Å²) in [6, 6.07) is 38.5. The molecule has 0 aliphatic heterocycles. The zero-order chi connectivity index (χ0) is 54.7. The van der Waals surface area contributed by atoms with E-state index in [1.807, 2.05) is 60.7 Å². The van der Waals surface area contributed by atoms with Gasteiger partial charge in [0.05, 0.1) is 27.7 Å². The van der Waals surface area contributed by atoms with Crippen molar-refractivity contribution in [3.05, 3.63) is 177 Å². The lowest BCUT2D eigenvalue weighted by atomic mass is 10.0. The molecule has 0 amide bonds. The van der Waals surface area contributed by atoms with E-state index in [9.17, 15) is 52.7 Å². The molecule has 0 saturated carbocycles. The van der Waals surface area contributed by atoms with Crippen molar-refractivity contribution in [2.24, 2.45) is 0 Å². The average molecular weight is 1020 g/mol. The van der Waals surface area contributed by atoms with Crippen molar-refractivity contribution in [2.75, 3.05) is 27.7 Å². The minimum Gasteiger partial charge on any atom is -0.255 e. The van der Waals surface area contributed by atoms with Crippen molar-refractivity contribution in [2.45, 2.75) is 163 Å². The molecule has 0 radical (unpaired) electrons. The Morgan fingerprint density at radius 3 is 0.648 bits per heavy atom. The van der Waals surface area contributed by atoms with Crippen molar-refractivity contribution >= 4 is 0 Å². The van der Waals surface area contributed by atoms with E-state index in [2.05, 4.69) is 93.5 Å². The molecule has 5 rings (SSSR count). The highest BCUT2D eigenvalue weighted by molar-refractivity contribution is 5.28. The summed E-state index contributed by atoms with van der Waals surface area (Å²) in [5.41, 5.74) is 10.5. The molecule has 5 aromatic carbocycles. The Morgan fingerprint density at radius 2 is 0.493 bits per heavy atom. The first-order chi connectivity index (χ1) is 33.3. The second-order valence-electron chi connectivity index (χ2n) is 18.2. The maximum absolute atomic E-state index is 12.0. The van der Waals surface area contributed by atoms with E-state index in [4.69, 9.17) is 0 Å². The second-order valence-corrected chi connectivity index (χ2v) is 18.2. The van der Waals surface area contributed by atoms with Gasteiger partial charge in [0.15, 0.2) is 0 Å². The van der Waals surface area contributed by atoms with E-state index >= 15 is 0 Å². The topological polar surface area (TPSA) is 0 Å². The lowest BCUT2D eigenvalue weighted by Gasteiger charge is -2.08. The van der Waals surface area contributed by atoms with Crippen LogP contribution in [0.15, 0.2) is 121 Å². The molecule has 0 atom stereocenters. The molecular weight excluding hydrogens is 937 g/mol. The summed E-state index contributed by atoms with van der Waals surface area (Å²) >= 11 is 0. The number of rotatable bonds is 15. The zero-order valence-electron chi connectivity index (χ0n) is 43.9. The van der Waals surface area contributed by atoms with Gasteiger partial charge in [-0.1, -0.05) is 191 Å². The van der Waals surface area contributed by atoms with Crippen LogP contribution in [0.1, 0.15) is 167 Å². The maximum atomic E-state index is 12.0. The third-order valence-electron chi connectivity index (χ3n) is 10.8. The summed E-state index contributed by atoms with van der Waals surface area (Å²) in [6.45, 7) is 20.5. The Kier molecular flexibility index (Phi) is 36.5. The molecule has 0 unspecified atom stereocenters. The fraction of sp³-hybridized carbons (Fsp3) is 0.492. The Morgan fingerprint density at radius 1 is 0.310 bits per heavy atom. The van der Waals surface area contributed by atoms with Crippen LogP contribution in [0, 0.1) is 0 Å². The van der Waals surface area contributed by atoms with Gasteiger partial charge < -0.3 is 0 Å². The van der Waals surface area contributed by atoms with Gasteiger partial charge in [-0.15, -0.1) is 0 Å². The summed E-state index contributed by atoms with van der Waals surface area (Å²) in [7, 11) is 1.00. The molecule has 0 heterocycles. The van der Waals surface area contributed by atoms with E-state index in [0.717, 1.165) is 33.4 Å². The van der Waals surface area contributed by atoms with Crippen LogP contribution in [0.3, 0.4) is 0 Å². The number of halogens is 12. The highest BCUT2D eigenvalue weighted by atomic mass is 19.4. The fourth-order valence-electron chi connectivity index (χ4n) is 6.28. The normalized spacial score (nSPS) is 11.0. The highest BCUT2D eigenvalue weighted by Crippen LogP contribution is 2.25. The van der Waals surface area contributed by atoms with Gasteiger partial charge in [-0.3, -0.25) is 17.6 Å². The first-order valence-corrected chi connectivity index (χ1v) is 24.1. The molecular formula is C59H80F12. The van der Waals surface area contributed by atoms with Gasteiger partial charge in [0.1, 0.15) is 0 Å². The minimum absolute atomic E-state index is 0.0713. The van der Waals surface area contributed by atoms with E-state index < -0.39 is 31.6 Å². The van der Waals surface area contributed by atoms with Crippen LogP contribution in [0.2, 0.25) is 0 Å². The Labute approximate surface area is 418 Å². The second kappa shape index (κ2) is 38.0. The van der Waals surface area contributed by atoms with E-state index in [0.29, 0.717) is 62.3 Å². The number of hydrogen-bond acceptors (Lipinski definition) is 0. The van der Waals surface area contributed by atoms with E-state index in [-0.39, 0.29) is 32.6 Å². The number of alkyl halides is 12. The van der Waals surface area contributed by atoms with Crippen molar-refractivity contribution in [3.63, 3.8) is 0 Å². The van der Waals surface area contributed by atoms with Crippen molar-refractivity contribution in [1.29, 1.82) is 0 Å². The molecule has 0 saturated heterocycles. The zero-order valence-corrected chi connectivity index (χ0v) is 43.9. The Hall–Kier alpha value is -4.74. The summed E-state index contributed by atoms with van der Waals surface area (Å²) < 4.78 is 139. The summed E-state index contributed by atoms with van der Waals surface area (Å²) in [5, 5.41) is 0. The summed E-state index contributed by atoms with van der Waals surface area (Å²) in [5.74, 6) is 2.41. The molecule has 71 heavy (non-hydrogen) atoms. The van der Waals surface area contributed by atoms with Gasteiger partial charge in [0.25, 0.3) is 0 Å². The van der Waals surface area contributed by atoms with Crippen LogP contribution in [0.5, 0.6) is 0 Å². The van der Waals surface area contributed by atoms with Gasteiger partial charge in [0, 0.05) is 32.1 Å². The number of aryl methyl sites for hydroxylation is 4. The molecule has 0 fully saturated rings.